The number of carbonyl (C=O) groups excluding carboxylic acids is 2. The van der Waals surface area contributed by atoms with Crippen molar-refractivity contribution in [1.29, 1.82) is 0 Å². The molecular formula is C15H20N2O3. The van der Waals surface area contributed by atoms with E-state index in [9.17, 15) is 9.59 Å². The Morgan fingerprint density at radius 1 is 1.15 bits per heavy atom. The van der Waals surface area contributed by atoms with Crippen molar-refractivity contribution in [2.75, 3.05) is 6.61 Å². The number of hydrogen-bond acceptors (Lipinski definition) is 3. The Morgan fingerprint density at radius 3 is 2.30 bits per heavy atom. The molecule has 1 aromatic rings. The van der Waals surface area contributed by atoms with E-state index in [1.165, 1.54) is 0 Å². The molecular weight excluding hydrogens is 256 g/mol. The molecule has 2 rings (SSSR count). The fraction of sp³-hybridized carbons (Fsp3) is 0.467. The van der Waals surface area contributed by atoms with Crippen LogP contribution in [-0.4, -0.2) is 24.6 Å². The largest absolute Gasteiger partial charge is 0.375 e. The van der Waals surface area contributed by atoms with E-state index in [4.69, 9.17) is 4.74 Å². The predicted molar refractivity (Wildman–Crippen MR) is 75.0 cm³/mol. The van der Waals surface area contributed by atoms with Gasteiger partial charge in [0.05, 0.1) is 12.7 Å². The summed E-state index contributed by atoms with van der Waals surface area (Å²) in [5.41, 5.74) is -0.416. The first-order valence-corrected chi connectivity index (χ1v) is 6.76. The van der Waals surface area contributed by atoms with Crippen molar-refractivity contribution < 1.29 is 14.3 Å². The van der Waals surface area contributed by atoms with E-state index in [0.717, 1.165) is 5.56 Å². The summed E-state index contributed by atoms with van der Waals surface area (Å²) in [6.45, 7) is 6.17. The molecule has 0 aromatic heterocycles. The highest BCUT2D eigenvalue weighted by molar-refractivity contribution is 6.07. The van der Waals surface area contributed by atoms with Gasteiger partial charge in [0.15, 0.2) is 5.54 Å². The number of nitrogens with one attached hydrogen (secondary N) is 2. The normalized spacial score (nSPS) is 23.6. The first-order valence-electron chi connectivity index (χ1n) is 6.76. The van der Waals surface area contributed by atoms with Gasteiger partial charge >= 0.3 is 6.03 Å². The van der Waals surface area contributed by atoms with Gasteiger partial charge in [-0.25, -0.2) is 4.79 Å². The third-order valence-electron chi connectivity index (χ3n) is 3.71. The molecule has 1 heterocycles. The maximum atomic E-state index is 12.2. The summed E-state index contributed by atoms with van der Waals surface area (Å²) in [5.74, 6) is -0.0346. The molecule has 5 heteroatoms. The highest BCUT2D eigenvalue weighted by Crippen LogP contribution is 2.26. The van der Waals surface area contributed by atoms with Crippen molar-refractivity contribution >= 4 is 11.9 Å². The Morgan fingerprint density at radius 2 is 1.80 bits per heavy atom. The average molecular weight is 276 g/mol. The van der Waals surface area contributed by atoms with Crippen LogP contribution in [0.15, 0.2) is 30.3 Å². The Balaban J connectivity index is 2.27. The molecule has 1 saturated heterocycles. The standard InChI is InChI=1S/C15H20N2O3/c1-10(2)11(3)20-9-15(12-7-5-4-6-8-12)13(18)16-14(19)17-15/h4-8,10-11H,9H2,1-3H3,(H2,16,17,18,19). The SMILES string of the molecule is CC(C)C(C)OCC1(c2ccccc2)NC(=O)NC1=O. The number of ether oxygens (including phenoxy) is 1. The van der Waals surface area contributed by atoms with Crippen LogP contribution < -0.4 is 10.6 Å². The minimum atomic E-state index is -1.14. The highest BCUT2D eigenvalue weighted by atomic mass is 16.5. The molecule has 1 aliphatic rings. The summed E-state index contributed by atoms with van der Waals surface area (Å²) >= 11 is 0. The number of hydrogen-bond donors (Lipinski definition) is 2. The highest BCUT2D eigenvalue weighted by Gasteiger charge is 2.48. The third kappa shape index (κ3) is 2.67. The molecule has 2 unspecified atom stereocenters. The molecule has 5 nitrogen and oxygen atoms in total. The molecule has 108 valence electrons. The number of amides is 3. The number of imide groups is 1. The van der Waals surface area contributed by atoms with Gasteiger partial charge in [-0.2, -0.15) is 0 Å². The average Bonchev–Trinajstić information content (AvgIpc) is 2.72. The summed E-state index contributed by atoms with van der Waals surface area (Å²) in [6.07, 6.45) is 0.000823. The van der Waals surface area contributed by atoms with Gasteiger partial charge in [0.25, 0.3) is 5.91 Å². The van der Waals surface area contributed by atoms with E-state index >= 15 is 0 Å². The molecule has 1 aliphatic heterocycles. The molecule has 0 aliphatic carbocycles. The molecule has 0 spiro atoms. The summed E-state index contributed by atoms with van der Waals surface area (Å²) in [6, 6.07) is 8.67. The van der Waals surface area contributed by atoms with E-state index in [-0.39, 0.29) is 18.6 Å². The number of urea groups is 1. The van der Waals surface area contributed by atoms with Gasteiger partial charge in [-0.15, -0.1) is 0 Å². The monoisotopic (exact) mass is 276 g/mol. The maximum absolute atomic E-state index is 12.2. The quantitative estimate of drug-likeness (QED) is 0.806. The number of carbonyl (C=O) groups is 2. The van der Waals surface area contributed by atoms with Crippen LogP contribution in [0.5, 0.6) is 0 Å². The molecule has 1 fully saturated rings. The lowest BCUT2D eigenvalue weighted by atomic mass is 9.90. The van der Waals surface area contributed by atoms with Gasteiger partial charge in [-0.3, -0.25) is 10.1 Å². The van der Waals surface area contributed by atoms with Crippen LogP contribution in [0.2, 0.25) is 0 Å². The van der Waals surface area contributed by atoms with E-state index in [1.807, 2.05) is 51.1 Å². The number of rotatable bonds is 5. The minimum Gasteiger partial charge on any atom is -0.375 e. The molecule has 0 radical (unpaired) electrons. The third-order valence-corrected chi connectivity index (χ3v) is 3.71. The van der Waals surface area contributed by atoms with Gasteiger partial charge in [-0.1, -0.05) is 44.2 Å². The zero-order chi connectivity index (χ0) is 14.8. The van der Waals surface area contributed by atoms with Crippen molar-refractivity contribution in [3.63, 3.8) is 0 Å². The van der Waals surface area contributed by atoms with Crippen LogP contribution in [0.4, 0.5) is 4.79 Å². The van der Waals surface area contributed by atoms with Crippen LogP contribution in [0.25, 0.3) is 0 Å². The van der Waals surface area contributed by atoms with Crippen LogP contribution >= 0.6 is 0 Å². The zero-order valence-corrected chi connectivity index (χ0v) is 12.0. The van der Waals surface area contributed by atoms with Gasteiger partial charge in [0, 0.05) is 0 Å². The fourth-order valence-electron chi connectivity index (χ4n) is 2.05. The zero-order valence-electron chi connectivity index (χ0n) is 12.0. The minimum absolute atomic E-state index is 0.000823. The van der Waals surface area contributed by atoms with E-state index < -0.39 is 11.6 Å². The van der Waals surface area contributed by atoms with Crippen LogP contribution in [0.1, 0.15) is 26.3 Å². The molecule has 2 atom stereocenters. The van der Waals surface area contributed by atoms with Gasteiger partial charge in [-0.05, 0) is 18.4 Å². The molecule has 3 amide bonds. The van der Waals surface area contributed by atoms with Crippen molar-refractivity contribution in [2.24, 2.45) is 5.92 Å². The Labute approximate surface area is 118 Å². The van der Waals surface area contributed by atoms with Gasteiger partial charge in [0.2, 0.25) is 0 Å². The molecule has 20 heavy (non-hydrogen) atoms. The Bertz CT molecular complexity index is 501. The van der Waals surface area contributed by atoms with Crippen molar-refractivity contribution in [2.45, 2.75) is 32.4 Å². The van der Waals surface area contributed by atoms with Crippen molar-refractivity contribution in [1.82, 2.24) is 10.6 Å². The predicted octanol–water partition coefficient (Wildman–Crippen LogP) is 1.78. The maximum Gasteiger partial charge on any atom is 0.322 e. The second-order valence-corrected chi connectivity index (χ2v) is 5.44. The lowest BCUT2D eigenvalue weighted by Crippen LogP contribution is -2.48. The van der Waals surface area contributed by atoms with E-state index in [2.05, 4.69) is 10.6 Å². The Hall–Kier alpha value is -1.88. The van der Waals surface area contributed by atoms with Gasteiger partial charge < -0.3 is 10.1 Å². The fourth-order valence-corrected chi connectivity index (χ4v) is 2.05. The van der Waals surface area contributed by atoms with Crippen LogP contribution in [0, 0.1) is 5.92 Å². The van der Waals surface area contributed by atoms with Crippen molar-refractivity contribution in [3.8, 4) is 0 Å². The second-order valence-electron chi connectivity index (χ2n) is 5.44. The smallest absolute Gasteiger partial charge is 0.322 e. The van der Waals surface area contributed by atoms with Crippen molar-refractivity contribution in [3.05, 3.63) is 35.9 Å². The van der Waals surface area contributed by atoms with Crippen LogP contribution in [-0.2, 0) is 15.1 Å². The van der Waals surface area contributed by atoms with E-state index in [1.54, 1.807) is 0 Å². The lowest BCUT2D eigenvalue weighted by molar-refractivity contribution is -0.128. The molecule has 2 N–H and O–H groups in total. The Kier molecular flexibility index (Phi) is 4.09. The molecule has 1 aromatic carbocycles. The van der Waals surface area contributed by atoms with Crippen LogP contribution in [0.3, 0.4) is 0 Å². The number of benzene rings is 1. The first kappa shape index (κ1) is 14.5. The second kappa shape index (κ2) is 5.63. The first-order chi connectivity index (χ1) is 9.45. The molecule has 0 saturated carbocycles. The summed E-state index contributed by atoms with van der Waals surface area (Å²) in [5, 5.41) is 4.99. The van der Waals surface area contributed by atoms with E-state index in [0.29, 0.717) is 5.92 Å². The summed E-state index contributed by atoms with van der Waals surface area (Å²) < 4.78 is 5.79. The molecule has 0 bridgehead atoms. The summed E-state index contributed by atoms with van der Waals surface area (Å²) in [7, 11) is 0. The lowest BCUT2D eigenvalue weighted by Gasteiger charge is -2.29. The van der Waals surface area contributed by atoms with Gasteiger partial charge in [0.1, 0.15) is 0 Å². The summed E-state index contributed by atoms with van der Waals surface area (Å²) in [4.78, 5) is 23.7. The topological polar surface area (TPSA) is 67.4 Å².